The minimum absolute atomic E-state index is 0.110. The molecule has 2 nitrogen and oxygen atoms in total. The Labute approximate surface area is 97.4 Å². The van der Waals surface area contributed by atoms with Crippen molar-refractivity contribution in [1.82, 2.24) is 0 Å². The van der Waals surface area contributed by atoms with Crippen LogP contribution >= 0.6 is 0 Å². The lowest BCUT2D eigenvalue weighted by atomic mass is 9.96. The molecule has 1 aliphatic carbocycles. The Balaban J connectivity index is 1.90. The molecule has 0 saturated heterocycles. The van der Waals surface area contributed by atoms with Crippen LogP contribution in [0.1, 0.15) is 31.7 Å². The van der Waals surface area contributed by atoms with E-state index < -0.39 is 0 Å². The lowest BCUT2D eigenvalue weighted by Gasteiger charge is -2.38. The van der Waals surface area contributed by atoms with Crippen molar-refractivity contribution >= 4 is 5.69 Å². The Hall–Kier alpha value is -1.02. The van der Waals surface area contributed by atoms with Gasteiger partial charge in [0.15, 0.2) is 0 Å². The third-order valence-electron chi connectivity index (χ3n) is 4.04. The van der Waals surface area contributed by atoms with Crippen LogP contribution in [0.2, 0.25) is 0 Å². The van der Waals surface area contributed by atoms with E-state index in [9.17, 15) is 0 Å². The number of fused-ring (bicyclic) bond motifs is 1. The highest BCUT2D eigenvalue weighted by Gasteiger charge is 2.41. The average molecular weight is 216 g/mol. The monoisotopic (exact) mass is 216 g/mol. The van der Waals surface area contributed by atoms with Gasteiger partial charge in [-0.3, -0.25) is 0 Å². The van der Waals surface area contributed by atoms with Crippen molar-refractivity contribution < 1.29 is 0 Å². The molecule has 16 heavy (non-hydrogen) atoms. The lowest BCUT2D eigenvalue weighted by Crippen LogP contribution is -2.46. The van der Waals surface area contributed by atoms with Crippen molar-refractivity contribution in [2.24, 2.45) is 5.73 Å². The highest BCUT2D eigenvalue weighted by Crippen LogP contribution is 2.38. The summed E-state index contributed by atoms with van der Waals surface area (Å²) in [6.45, 7) is 3.35. The first-order valence-electron chi connectivity index (χ1n) is 6.31. The van der Waals surface area contributed by atoms with Crippen LogP contribution in [0, 0.1) is 0 Å². The number of nitrogens with zero attached hydrogens (tertiary/aromatic N) is 1. The topological polar surface area (TPSA) is 29.3 Å². The van der Waals surface area contributed by atoms with Crippen molar-refractivity contribution in [2.75, 3.05) is 11.4 Å². The van der Waals surface area contributed by atoms with Gasteiger partial charge in [0.1, 0.15) is 0 Å². The standard InChI is InChI=1S/C14H20N2/c1-11-6-7-12-4-2-3-5-13(12)16(11)10-14(15)8-9-14/h2-5,11H,6-10,15H2,1H3. The van der Waals surface area contributed by atoms with E-state index in [0.29, 0.717) is 6.04 Å². The summed E-state index contributed by atoms with van der Waals surface area (Å²) in [4.78, 5) is 2.52. The fourth-order valence-corrected chi connectivity index (χ4v) is 2.66. The van der Waals surface area contributed by atoms with Crippen LogP contribution < -0.4 is 10.6 Å². The molecule has 1 saturated carbocycles. The first kappa shape index (κ1) is 10.2. The van der Waals surface area contributed by atoms with Gasteiger partial charge in [-0.15, -0.1) is 0 Å². The second-order valence-corrected chi connectivity index (χ2v) is 5.51. The van der Waals surface area contributed by atoms with E-state index in [2.05, 4.69) is 36.1 Å². The van der Waals surface area contributed by atoms with Crippen LogP contribution in [-0.4, -0.2) is 18.1 Å². The summed E-state index contributed by atoms with van der Waals surface area (Å²) in [5, 5.41) is 0. The molecule has 1 aromatic carbocycles. The molecule has 1 heterocycles. The van der Waals surface area contributed by atoms with Gasteiger partial charge in [-0.25, -0.2) is 0 Å². The fourth-order valence-electron chi connectivity index (χ4n) is 2.66. The zero-order valence-corrected chi connectivity index (χ0v) is 9.95. The van der Waals surface area contributed by atoms with Gasteiger partial charge in [-0.05, 0) is 44.2 Å². The lowest BCUT2D eigenvalue weighted by molar-refractivity contribution is 0.519. The number of aryl methyl sites for hydroxylation is 1. The number of nitrogens with two attached hydrogens (primary N) is 1. The molecule has 1 atom stereocenters. The molecule has 2 N–H and O–H groups in total. The third-order valence-corrected chi connectivity index (χ3v) is 4.04. The Kier molecular flexibility index (Phi) is 2.21. The summed E-state index contributed by atoms with van der Waals surface area (Å²) in [7, 11) is 0. The maximum Gasteiger partial charge on any atom is 0.0401 e. The van der Waals surface area contributed by atoms with Crippen LogP contribution in [0.25, 0.3) is 0 Å². The van der Waals surface area contributed by atoms with E-state index in [1.54, 1.807) is 0 Å². The number of hydrogen-bond acceptors (Lipinski definition) is 2. The maximum absolute atomic E-state index is 6.26. The number of anilines is 1. The smallest absolute Gasteiger partial charge is 0.0401 e. The van der Waals surface area contributed by atoms with E-state index in [4.69, 9.17) is 5.73 Å². The van der Waals surface area contributed by atoms with Crippen molar-refractivity contribution in [1.29, 1.82) is 0 Å². The maximum atomic E-state index is 6.26. The van der Waals surface area contributed by atoms with Crippen molar-refractivity contribution in [2.45, 2.75) is 44.2 Å². The van der Waals surface area contributed by atoms with Crippen LogP contribution in [-0.2, 0) is 6.42 Å². The van der Waals surface area contributed by atoms with Crippen LogP contribution in [0.4, 0.5) is 5.69 Å². The molecular formula is C14H20N2. The van der Waals surface area contributed by atoms with Gasteiger partial charge in [0.25, 0.3) is 0 Å². The molecule has 2 aliphatic rings. The Bertz CT molecular complexity index is 395. The predicted octanol–water partition coefficient (Wildman–Crippen LogP) is 2.32. The van der Waals surface area contributed by atoms with Gasteiger partial charge in [-0.2, -0.15) is 0 Å². The fraction of sp³-hybridized carbons (Fsp3) is 0.571. The van der Waals surface area contributed by atoms with E-state index in [-0.39, 0.29) is 5.54 Å². The number of para-hydroxylation sites is 1. The van der Waals surface area contributed by atoms with Gasteiger partial charge in [0.2, 0.25) is 0 Å². The Morgan fingerprint density at radius 2 is 2.12 bits per heavy atom. The zero-order valence-electron chi connectivity index (χ0n) is 9.95. The summed E-state index contributed by atoms with van der Waals surface area (Å²) in [5.74, 6) is 0. The molecular weight excluding hydrogens is 196 g/mol. The quantitative estimate of drug-likeness (QED) is 0.822. The highest BCUT2D eigenvalue weighted by molar-refractivity contribution is 5.57. The van der Waals surface area contributed by atoms with Gasteiger partial charge < -0.3 is 10.6 Å². The summed E-state index contributed by atoms with van der Waals surface area (Å²) < 4.78 is 0. The summed E-state index contributed by atoms with van der Waals surface area (Å²) in [5.41, 5.74) is 9.27. The van der Waals surface area contributed by atoms with E-state index >= 15 is 0 Å². The summed E-state index contributed by atoms with van der Waals surface area (Å²) >= 11 is 0. The number of hydrogen-bond donors (Lipinski definition) is 1. The zero-order chi connectivity index (χ0) is 11.2. The van der Waals surface area contributed by atoms with E-state index in [1.165, 1.54) is 36.9 Å². The SMILES string of the molecule is CC1CCc2ccccc2N1CC1(N)CC1. The minimum atomic E-state index is 0.110. The molecule has 3 rings (SSSR count). The minimum Gasteiger partial charge on any atom is -0.367 e. The molecule has 0 amide bonds. The second-order valence-electron chi connectivity index (χ2n) is 5.51. The largest absolute Gasteiger partial charge is 0.367 e. The summed E-state index contributed by atoms with van der Waals surface area (Å²) in [6, 6.07) is 9.42. The van der Waals surface area contributed by atoms with Gasteiger partial charge in [-0.1, -0.05) is 18.2 Å². The van der Waals surface area contributed by atoms with Crippen molar-refractivity contribution in [3.05, 3.63) is 29.8 Å². The molecule has 2 heteroatoms. The van der Waals surface area contributed by atoms with Gasteiger partial charge in [0, 0.05) is 23.8 Å². The molecule has 86 valence electrons. The predicted molar refractivity (Wildman–Crippen MR) is 67.7 cm³/mol. The number of benzene rings is 1. The molecule has 1 aromatic rings. The van der Waals surface area contributed by atoms with E-state index in [0.717, 1.165) is 6.54 Å². The molecule has 0 aromatic heterocycles. The molecule has 1 unspecified atom stereocenters. The normalized spacial score (nSPS) is 26.4. The Morgan fingerprint density at radius 3 is 2.88 bits per heavy atom. The van der Waals surface area contributed by atoms with E-state index in [1.807, 2.05) is 0 Å². The average Bonchev–Trinajstić information content (AvgIpc) is 3.01. The third kappa shape index (κ3) is 1.71. The van der Waals surface area contributed by atoms with Gasteiger partial charge in [0.05, 0.1) is 0 Å². The van der Waals surface area contributed by atoms with Gasteiger partial charge >= 0.3 is 0 Å². The van der Waals surface area contributed by atoms with Crippen molar-refractivity contribution in [3.8, 4) is 0 Å². The molecule has 0 bridgehead atoms. The Morgan fingerprint density at radius 1 is 1.38 bits per heavy atom. The number of rotatable bonds is 2. The first-order valence-corrected chi connectivity index (χ1v) is 6.31. The van der Waals surface area contributed by atoms with Crippen LogP contribution in [0.5, 0.6) is 0 Å². The first-order chi connectivity index (χ1) is 7.68. The second kappa shape index (κ2) is 3.49. The van der Waals surface area contributed by atoms with Crippen LogP contribution in [0.3, 0.4) is 0 Å². The molecule has 1 fully saturated rings. The van der Waals surface area contributed by atoms with Crippen LogP contribution in [0.15, 0.2) is 24.3 Å². The molecule has 0 radical (unpaired) electrons. The summed E-state index contributed by atoms with van der Waals surface area (Å²) in [6.07, 6.45) is 4.86. The van der Waals surface area contributed by atoms with Crippen molar-refractivity contribution in [3.63, 3.8) is 0 Å². The molecule has 0 spiro atoms. The highest BCUT2D eigenvalue weighted by atomic mass is 15.2. The molecule has 1 aliphatic heterocycles.